The summed E-state index contributed by atoms with van der Waals surface area (Å²) in [7, 11) is 0. The molecule has 0 saturated carbocycles. The highest BCUT2D eigenvalue weighted by molar-refractivity contribution is 5.84. The third-order valence-corrected chi connectivity index (χ3v) is 6.85. The first-order chi connectivity index (χ1) is 18.8. The number of carbonyl (C=O) groups is 1. The molecule has 0 aliphatic carbocycles. The maximum Gasteiger partial charge on any atom is 0.244 e. The van der Waals surface area contributed by atoms with E-state index in [9.17, 15) is 25.2 Å². The number of nitrogens with one attached hydrogen (secondary N) is 2. The molecule has 1 amide bonds. The molecule has 1 aliphatic heterocycles. The van der Waals surface area contributed by atoms with Gasteiger partial charge in [0.25, 0.3) is 0 Å². The number of benzene rings is 1. The monoisotopic (exact) mass is 544 g/mol. The predicted molar refractivity (Wildman–Crippen MR) is 140 cm³/mol. The van der Waals surface area contributed by atoms with Gasteiger partial charge in [0, 0.05) is 18.7 Å². The number of rotatable bonds is 12. The van der Waals surface area contributed by atoms with Crippen LogP contribution in [0, 0.1) is 0 Å². The molecule has 212 valence electrons. The van der Waals surface area contributed by atoms with Crippen LogP contribution in [0.3, 0.4) is 0 Å². The molecule has 7 N–H and O–H groups in total. The van der Waals surface area contributed by atoms with E-state index < -0.39 is 37.3 Å². The van der Waals surface area contributed by atoms with Gasteiger partial charge in [0.1, 0.15) is 24.4 Å². The van der Waals surface area contributed by atoms with Gasteiger partial charge in [-0.1, -0.05) is 24.3 Å². The number of aromatic nitrogens is 3. The van der Waals surface area contributed by atoms with Gasteiger partial charge in [-0.3, -0.25) is 9.89 Å². The van der Waals surface area contributed by atoms with Gasteiger partial charge in [0.2, 0.25) is 18.1 Å². The van der Waals surface area contributed by atoms with E-state index in [0.29, 0.717) is 23.9 Å². The van der Waals surface area contributed by atoms with Gasteiger partial charge in [0.15, 0.2) is 5.65 Å². The van der Waals surface area contributed by atoms with E-state index in [0.717, 1.165) is 36.0 Å². The first kappa shape index (κ1) is 28.9. The van der Waals surface area contributed by atoms with Crippen LogP contribution in [0.2, 0.25) is 0 Å². The summed E-state index contributed by atoms with van der Waals surface area (Å²) in [5.41, 5.74) is 3.65. The largest absolute Gasteiger partial charge is 0.443 e. The molecule has 0 unspecified atom stereocenters. The fraction of sp³-hybridized carbons (Fsp3) is 0.519. The van der Waals surface area contributed by atoms with Crippen molar-refractivity contribution < 1.29 is 39.8 Å². The van der Waals surface area contributed by atoms with Crippen molar-refractivity contribution in [2.45, 2.75) is 75.8 Å². The van der Waals surface area contributed by atoms with Crippen LogP contribution in [-0.2, 0) is 28.8 Å². The molecule has 1 saturated heterocycles. The molecule has 1 aromatic carbocycles. The minimum atomic E-state index is -1.56. The Labute approximate surface area is 225 Å². The second-order valence-electron chi connectivity index (χ2n) is 9.86. The van der Waals surface area contributed by atoms with Crippen LogP contribution in [0.25, 0.3) is 11.0 Å². The molecule has 4 rings (SSSR count). The van der Waals surface area contributed by atoms with E-state index in [2.05, 4.69) is 44.8 Å². The van der Waals surface area contributed by atoms with E-state index >= 15 is 0 Å². The molecule has 6 atom stereocenters. The van der Waals surface area contributed by atoms with Crippen LogP contribution < -0.4 is 10.1 Å². The SMILES string of the molecule is C[C@@H](CO)NC(=O)CCCc1ccc(CCc2ccnc3[nH]nc(O[C@@H]4O[C@H](CO)[C@@H](O)[C@H](O)[C@H]4O)c23)cc1. The molecule has 2 aromatic heterocycles. The number of ether oxygens (including phenoxy) is 2. The maximum absolute atomic E-state index is 11.9. The molecule has 1 fully saturated rings. The van der Waals surface area contributed by atoms with Crippen molar-refractivity contribution >= 4 is 16.9 Å². The highest BCUT2D eigenvalue weighted by Crippen LogP contribution is 2.30. The number of fused-ring (bicyclic) bond motifs is 1. The summed E-state index contributed by atoms with van der Waals surface area (Å²) in [5.74, 6) is 0.0659. The van der Waals surface area contributed by atoms with Crippen molar-refractivity contribution in [1.29, 1.82) is 0 Å². The van der Waals surface area contributed by atoms with Gasteiger partial charge < -0.3 is 40.3 Å². The predicted octanol–water partition coefficient (Wildman–Crippen LogP) is -0.258. The molecule has 39 heavy (non-hydrogen) atoms. The Balaban J connectivity index is 1.37. The van der Waals surface area contributed by atoms with Gasteiger partial charge in [-0.15, -0.1) is 5.10 Å². The Morgan fingerprint density at radius 1 is 1.05 bits per heavy atom. The Bertz CT molecular complexity index is 1220. The van der Waals surface area contributed by atoms with E-state index in [4.69, 9.17) is 14.6 Å². The highest BCUT2D eigenvalue weighted by atomic mass is 16.7. The van der Waals surface area contributed by atoms with Crippen molar-refractivity contribution in [3.8, 4) is 5.88 Å². The van der Waals surface area contributed by atoms with Gasteiger partial charge in [0.05, 0.1) is 18.6 Å². The molecule has 3 aromatic rings. The van der Waals surface area contributed by atoms with Gasteiger partial charge >= 0.3 is 0 Å². The lowest BCUT2D eigenvalue weighted by Gasteiger charge is -2.39. The van der Waals surface area contributed by atoms with Crippen LogP contribution in [0.1, 0.15) is 36.5 Å². The molecular weight excluding hydrogens is 508 g/mol. The topological polar surface area (TPSA) is 190 Å². The lowest BCUT2D eigenvalue weighted by Crippen LogP contribution is -2.60. The van der Waals surface area contributed by atoms with Crippen LogP contribution in [0.5, 0.6) is 5.88 Å². The van der Waals surface area contributed by atoms with Crippen molar-refractivity contribution in [1.82, 2.24) is 20.5 Å². The number of aromatic amines is 1. The van der Waals surface area contributed by atoms with Crippen LogP contribution in [0.15, 0.2) is 36.5 Å². The van der Waals surface area contributed by atoms with E-state index in [-0.39, 0.29) is 24.4 Å². The number of hydrogen-bond donors (Lipinski definition) is 7. The molecule has 3 heterocycles. The van der Waals surface area contributed by atoms with Crippen LogP contribution >= 0.6 is 0 Å². The number of aliphatic hydroxyl groups excluding tert-OH is 5. The lowest BCUT2D eigenvalue weighted by atomic mass is 9.99. The summed E-state index contributed by atoms with van der Waals surface area (Å²) in [6.45, 7) is 1.12. The average Bonchev–Trinajstić information content (AvgIpc) is 3.36. The van der Waals surface area contributed by atoms with E-state index in [1.165, 1.54) is 0 Å². The number of aryl methyl sites for hydroxylation is 3. The van der Waals surface area contributed by atoms with Crippen molar-refractivity contribution in [3.05, 3.63) is 53.2 Å². The summed E-state index contributed by atoms with van der Waals surface area (Å²) in [4.78, 5) is 16.2. The first-order valence-corrected chi connectivity index (χ1v) is 13.1. The summed E-state index contributed by atoms with van der Waals surface area (Å²) >= 11 is 0. The van der Waals surface area contributed by atoms with E-state index in [1.807, 2.05) is 6.07 Å². The molecule has 12 nitrogen and oxygen atoms in total. The minimum Gasteiger partial charge on any atom is -0.443 e. The zero-order valence-electron chi connectivity index (χ0n) is 21.7. The summed E-state index contributed by atoms with van der Waals surface area (Å²) in [6.07, 6.45) is -2.10. The first-order valence-electron chi connectivity index (χ1n) is 13.1. The highest BCUT2D eigenvalue weighted by Gasteiger charge is 2.45. The zero-order chi connectivity index (χ0) is 27.9. The summed E-state index contributed by atoms with van der Waals surface area (Å²) in [5, 5.41) is 59.2. The minimum absolute atomic E-state index is 0.0639. The quantitative estimate of drug-likeness (QED) is 0.160. The van der Waals surface area contributed by atoms with E-state index in [1.54, 1.807) is 13.1 Å². The smallest absolute Gasteiger partial charge is 0.244 e. The second kappa shape index (κ2) is 13.3. The number of hydrogen-bond acceptors (Lipinski definition) is 10. The van der Waals surface area contributed by atoms with Gasteiger partial charge in [-0.2, -0.15) is 0 Å². The summed E-state index contributed by atoms with van der Waals surface area (Å²) in [6, 6.07) is 9.84. The number of aliphatic hydroxyl groups is 5. The van der Waals surface area contributed by atoms with Crippen LogP contribution in [-0.4, -0.2) is 96.6 Å². The standard InChI is InChI=1S/C27H36N4O8/c1-15(13-32)29-20(34)4-2-3-16-5-7-17(8-6-16)9-10-18-11-12-28-25-21(18)26(31-30-25)39-27-24(37)23(36)22(35)19(14-33)38-27/h5-8,11-12,15,19,22-24,27,32-33,35-37H,2-4,9-10,13-14H2,1H3,(H,29,34)(H,28,30,31)/t15-,19+,22+,23-,24+,27-/m0/s1. The van der Waals surface area contributed by atoms with Crippen molar-refractivity contribution in [3.63, 3.8) is 0 Å². The molecule has 0 radical (unpaired) electrons. The molecule has 12 heteroatoms. The molecule has 0 bridgehead atoms. The van der Waals surface area contributed by atoms with Crippen molar-refractivity contribution in [2.75, 3.05) is 13.2 Å². The zero-order valence-corrected chi connectivity index (χ0v) is 21.7. The lowest BCUT2D eigenvalue weighted by molar-refractivity contribution is -0.277. The Morgan fingerprint density at radius 3 is 2.46 bits per heavy atom. The van der Waals surface area contributed by atoms with Crippen LogP contribution in [0.4, 0.5) is 0 Å². The molecule has 1 aliphatic rings. The maximum atomic E-state index is 11.9. The number of H-pyrrole nitrogens is 1. The number of carbonyl (C=O) groups excluding carboxylic acids is 1. The second-order valence-corrected chi connectivity index (χ2v) is 9.86. The number of pyridine rings is 1. The normalized spacial score (nSPS) is 24.0. The Hall–Kier alpha value is -3.13. The van der Waals surface area contributed by atoms with Crippen molar-refractivity contribution in [2.24, 2.45) is 0 Å². The molecular formula is C27H36N4O8. The third kappa shape index (κ3) is 7.10. The fourth-order valence-corrected chi connectivity index (χ4v) is 4.55. The summed E-state index contributed by atoms with van der Waals surface area (Å²) < 4.78 is 11.2. The third-order valence-electron chi connectivity index (χ3n) is 6.85. The molecule has 0 spiro atoms. The Kier molecular flexibility index (Phi) is 9.83. The average molecular weight is 545 g/mol. The Morgan fingerprint density at radius 2 is 1.77 bits per heavy atom. The number of amides is 1. The fourth-order valence-electron chi connectivity index (χ4n) is 4.55. The number of nitrogens with zero attached hydrogens (tertiary/aromatic N) is 2. The van der Waals surface area contributed by atoms with Gasteiger partial charge in [-0.25, -0.2) is 4.98 Å². The van der Waals surface area contributed by atoms with Gasteiger partial charge in [-0.05, 0) is 55.4 Å².